The molecule has 0 heterocycles. The molecule has 58 valence electrons. The van der Waals surface area contributed by atoms with Crippen LogP contribution in [0.5, 0.6) is 0 Å². The summed E-state index contributed by atoms with van der Waals surface area (Å²) in [5.41, 5.74) is 0.765. The van der Waals surface area contributed by atoms with Gasteiger partial charge in [-0.1, -0.05) is 31.9 Å². The first-order valence-electron chi connectivity index (χ1n) is 2.88. The van der Waals surface area contributed by atoms with E-state index in [0.29, 0.717) is 6.41 Å². The molecular formula is C7H5Br2NO. The van der Waals surface area contributed by atoms with Crippen LogP contribution in [-0.4, -0.2) is 6.41 Å². The van der Waals surface area contributed by atoms with Gasteiger partial charge in [-0.2, -0.15) is 0 Å². The van der Waals surface area contributed by atoms with E-state index in [9.17, 15) is 4.79 Å². The molecule has 0 unspecified atom stereocenters. The summed E-state index contributed by atoms with van der Waals surface area (Å²) in [6, 6.07) is 5.54. The van der Waals surface area contributed by atoms with E-state index < -0.39 is 0 Å². The van der Waals surface area contributed by atoms with E-state index in [1.807, 2.05) is 18.2 Å². The average Bonchev–Trinajstić information content (AvgIpc) is 1.85. The van der Waals surface area contributed by atoms with Gasteiger partial charge < -0.3 is 5.32 Å². The maximum Gasteiger partial charge on any atom is 0.211 e. The predicted molar refractivity (Wildman–Crippen MR) is 51.5 cm³/mol. The number of hydrogen-bond acceptors (Lipinski definition) is 1. The van der Waals surface area contributed by atoms with Gasteiger partial charge in [-0.05, 0) is 18.2 Å². The Hall–Kier alpha value is -0.350. The minimum atomic E-state index is 0.647. The number of hydrogen-bond donors (Lipinski definition) is 1. The van der Waals surface area contributed by atoms with Crippen molar-refractivity contribution in [1.29, 1.82) is 0 Å². The first-order valence-corrected chi connectivity index (χ1v) is 4.47. The van der Waals surface area contributed by atoms with Gasteiger partial charge in [0.1, 0.15) is 0 Å². The number of nitrogens with one attached hydrogen (secondary N) is 1. The molecule has 1 N–H and O–H groups in total. The summed E-state index contributed by atoms with van der Waals surface area (Å²) in [7, 11) is 0. The molecule has 0 spiro atoms. The van der Waals surface area contributed by atoms with Crippen LogP contribution in [0.4, 0.5) is 5.69 Å². The molecule has 0 radical (unpaired) electrons. The van der Waals surface area contributed by atoms with Gasteiger partial charge in [-0.15, -0.1) is 0 Å². The van der Waals surface area contributed by atoms with Crippen molar-refractivity contribution < 1.29 is 4.79 Å². The van der Waals surface area contributed by atoms with Gasteiger partial charge in [0, 0.05) is 14.6 Å². The van der Waals surface area contributed by atoms with Crippen LogP contribution in [0.3, 0.4) is 0 Å². The van der Waals surface area contributed by atoms with Crippen LogP contribution in [0.15, 0.2) is 27.1 Å². The number of carbonyl (C=O) groups is 1. The molecule has 0 aliphatic carbocycles. The molecule has 0 aliphatic rings. The van der Waals surface area contributed by atoms with E-state index in [4.69, 9.17) is 0 Å². The third-order valence-electron chi connectivity index (χ3n) is 1.09. The van der Waals surface area contributed by atoms with Gasteiger partial charge in [0.15, 0.2) is 0 Å². The Morgan fingerprint density at radius 1 is 1.18 bits per heavy atom. The van der Waals surface area contributed by atoms with E-state index in [1.54, 1.807) is 0 Å². The molecule has 0 fully saturated rings. The first kappa shape index (κ1) is 8.74. The van der Waals surface area contributed by atoms with Gasteiger partial charge in [0.05, 0.1) is 0 Å². The van der Waals surface area contributed by atoms with Crippen molar-refractivity contribution >= 4 is 44.0 Å². The lowest BCUT2D eigenvalue weighted by Crippen LogP contribution is -1.92. The Morgan fingerprint density at radius 3 is 2.18 bits per heavy atom. The van der Waals surface area contributed by atoms with Crippen LogP contribution >= 0.6 is 31.9 Å². The molecular weight excluding hydrogens is 274 g/mol. The Kier molecular flexibility index (Phi) is 3.08. The third-order valence-corrected chi connectivity index (χ3v) is 2.00. The van der Waals surface area contributed by atoms with Gasteiger partial charge in [0.25, 0.3) is 0 Å². The fraction of sp³-hybridized carbons (Fsp3) is 0. The summed E-state index contributed by atoms with van der Waals surface area (Å²) in [5.74, 6) is 0. The van der Waals surface area contributed by atoms with E-state index >= 15 is 0 Å². The second-order valence-electron chi connectivity index (χ2n) is 1.92. The van der Waals surface area contributed by atoms with Crippen molar-refractivity contribution in [3.63, 3.8) is 0 Å². The maximum absolute atomic E-state index is 10.1. The maximum atomic E-state index is 10.1. The highest BCUT2D eigenvalue weighted by molar-refractivity contribution is 9.11. The molecule has 1 aromatic rings. The summed E-state index contributed by atoms with van der Waals surface area (Å²) >= 11 is 6.59. The monoisotopic (exact) mass is 277 g/mol. The van der Waals surface area contributed by atoms with E-state index in [-0.39, 0.29) is 0 Å². The minimum absolute atomic E-state index is 0.647. The summed E-state index contributed by atoms with van der Waals surface area (Å²) in [6.45, 7) is 0. The molecule has 0 bridgehead atoms. The zero-order chi connectivity index (χ0) is 8.27. The lowest BCUT2D eigenvalue weighted by Gasteiger charge is -1.99. The average molecular weight is 279 g/mol. The van der Waals surface area contributed by atoms with Crippen LogP contribution < -0.4 is 5.32 Å². The standard InChI is InChI=1S/C7H5Br2NO/c8-5-1-6(9)3-7(2-5)10-4-11/h1-4H,(H,10,11). The molecule has 0 atom stereocenters. The Bertz CT molecular complexity index is 255. The van der Waals surface area contributed by atoms with Crippen molar-refractivity contribution in [2.45, 2.75) is 0 Å². The molecule has 1 amide bonds. The highest BCUT2D eigenvalue weighted by Crippen LogP contribution is 2.22. The molecule has 0 saturated heterocycles. The van der Waals surface area contributed by atoms with E-state index in [2.05, 4.69) is 37.2 Å². The zero-order valence-corrected chi connectivity index (χ0v) is 8.65. The predicted octanol–water partition coefficient (Wildman–Crippen LogP) is 2.78. The number of rotatable bonds is 2. The molecule has 0 aliphatic heterocycles. The topological polar surface area (TPSA) is 29.1 Å². The highest BCUT2D eigenvalue weighted by atomic mass is 79.9. The van der Waals surface area contributed by atoms with Crippen molar-refractivity contribution in [3.8, 4) is 0 Å². The van der Waals surface area contributed by atoms with Gasteiger partial charge in [-0.3, -0.25) is 4.79 Å². The summed E-state index contributed by atoms with van der Waals surface area (Å²) in [6.07, 6.45) is 0.647. The fourth-order valence-corrected chi connectivity index (χ4v) is 2.00. The van der Waals surface area contributed by atoms with Crippen LogP contribution in [0.25, 0.3) is 0 Å². The number of carbonyl (C=O) groups excluding carboxylic acids is 1. The second-order valence-corrected chi connectivity index (χ2v) is 3.75. The first-order chi connectivity index (χ1) is 5.22. The largest absolute Gasteiger partial charge is 0.329 e. The van der Waals surface area contributed by atoms with Crippen molar-refractivity contribution in [2.75, 3.05) is 5.32 Å². The van der Waals surface area contributed by atoms with E-state index in [1.165, 1.54) is 0 Å². The normalized spacial score (nSPS) is 9.27. The lowest BCUT2D eigenvalue weighted by molar-refractivity contribution is -0.105. The molecule has 2 nitrogen and oxygen atoms in total. The summed E-state index contributed by atoms with van der Waals surface area (Å²) < 4.78 is 1.85. The third kappa shape index (κ3) is 2.63. The second kappa shape index (κ2) is 3.88. The number of halogens is 2. The Labute approximate surface area is 81.2 Å². The summed E-state index contributed by atoms with van der Waals surface area (Å²) in [4.78, 5) is 10.1. The zero-order valence-electron chi connectivity index (χ0n) is 5.47. The van der Waals surface area contributed by atoms with Gasteiger partial charge >= 0.3 is 0 Å². The minimum Gasteiger partial charge on any atom is -0.329 e. The molecule has 0 aromatic heterocycles. The molecule has 1 rings (SSSR count). The van der Waals surface area contributed by atoms with E-state index in [0.717, 1.165) is 14.6 Å². The number of benzene rings is 1. The molecule has 11 heavy (non-hydrogen) atoms. The fourth-order valence-electron chi connectivity index (χ4n) is 0.705. The SMILES string of the molecule is O=CNc1cc(Br)cc(Br)c1. The quantitative estimate of drug-likeness (QED) is 0.828. The highest BCUT2D eigenvalue weighted by Gasteiger charge is 1.94. The smallest absolute Gasteiger partial charge is 0.211 e. The Balaban J connectivity index is 2.98. The van der Waals surface area contributed by atoms with Crippen LogP contribution in [0, 0.1) is 0 Å². The van der Waals surface area contributed by atoms with Crippen LogP contribution in [0.1, 0.15) is 0 Å². The summed E-state index contributed by atoms with van der Waals surface area (Å²) in [5, 5.41) is 2.55. The molecule has 0 saturated carbocycles. The van der Waals surface area contributed by atoms with Gasteiger partial charge in [-0.25, -0.2) is 0 Å². The molecule has 1 aromatic carbocycles. The van der Waals surface area contributed by atoms with Crippen LogP contribution in [-0.2, 0) is 4.79 Å². The van der Waals surface area contributed by atoms with Crippen molar-refractivity contribution in [3.05, 3.63) is 27.1 Å². The van der Waals surface area contributed by atoms with Crippen LogP contribution in [0.2, 0.25) is 0 Å². The lowest BCUT2D eigenvalue weighted by atomic mass is 10.3. The molecule has 4 heteroatoms. The number of anilines is 1. The van der Waals surface area contributed by atoms with Crippen molar-refractivity contribution in [1.82, 2.24) is 0 Å². The number of amides is 1. The van der Waals surface area contributed by atoms with Crippen molar-refractivity contribution in [2.24, 2.45) is 0 Å². The van der Waals surface area contributed by atoms with Gasteiger partial charge in [0.2, 0.25) is 6.41 Å². The Morgan fingerprint density at radius 2 is 1.73 bits per heavy atom.